The summed E-state index contributed by atoms with van der Waals surface area (Å²) in [5, 5.41) is 0. The standard InChI is InChI=1S/C20H16N2/c1-2-7-14(8-3-1)20-21-17-10-4-5-11-19(17)22(20)18-12-6-9-15-13-16(15)18/h1-12,15-16H,13H2. The van der Waals surface area contributed by atoms with Crippen LogP contribution in [0.15, 0.2) is 72.8 Å². The predicted molar refractivity (Wildman–Crippen MR) is 90.2 cm³/mol. The first-order valence-electron chi connectivity index (χ1n) is 7.83. The number of rotatable bonds is 2. The lowest BCUT2D eigenvalue weighted by Crippen LogP contribution is -2.04. The Morgan fingerprint density at radius 2 is 1.77 bits per heavy atom. The molecule has 3 aromatic rings. The second-order valence-electron chi connectivity index (χ2n) is 6.11. The number of imidazole rings is 1. The van der Waals surface area contributed by atoms with Gasteiger partial charge in [-0.25, -0.2) is 4.98 Å². The molecule has 106 valence electrons. The summed E-state index contributed by atoms with van der Waals surface area (Å²) in [5.41, 5.74) is 4.83. The van der Waals surface area contributed by atoms with Crippen LogP contribution in [-0.2, 0) is 0 Å². The summed E-state index contributed by atoms with van der Waals surface area (Å²) < 4.78 is 2.36. The summed E-state index contributed by atoms with van der Waals surface area (Å²) >= 11 is 0. The van der Waals surface area contributed by atoms with Crippen LogP contribution in [-0.4, -0.2) is 9.55 Å². The highest BCUT2D eigenvalue weighted by Crippen LogP contribution is 2.50. The fourth-order valence-electron chi connectivity index (χ4n) is 3.50. The largest absolute Gasteiger partial charge is 0.296 e. The van der Waals surface area contributed by atoms with Crippen molar-refractivity contribution in [1.29, 1.82) is 0 Å². The minimum Gasteiger partial charge on any atom is -0.296 e. The number of hydrogen-bond donors (Lipinski definition) is 0. The van der Waals surface area contributed by atoms with Gasteiger partial charge in [0.1, 0.15) is 5.82 Å². The zero-order valence-corrected chi connectivity index (χ0v) is 12.2. The van der Waals surface area contributed by atoms with Gasteiger partial charge in [0.05, 0.1) is 11.0 Å². The lowest BCUT2D eigenvalue weighted by Gasteiger charge is -2.15. The number of aromatic nitrogens is 2. The molecule has 0 spiro atoms. The number of benzene rings is 2. The first kappa shape index (κ1) is 12.0. The Hall–Kier alpha value is -2.61. The number of nitrogens with zero attached hydrogens (tertiary/aromatic N) is 2. The third-order valence-electron chi connectivity index (χ3n) is 4.70. The third kappa shape index (κ3) is 1.70. The molecule has 2 aromatic carbocycles. The lowest BCUT2D eigenvalue weighted by molar-refractivity contribution is 0.920. The van der Waals surface area contributed by atoms with Crippen molar-refractivity contribution < 1.29 is 0 Å². The number of fused-ring (bicyclic) bond motifs is 2. The van der Waals surface area contributed by atoms with E-state index in [1.807, 2.05) is 0 Å². The summed E-state index contributed by atoms with van der Waals surface area (Å²) in [5.74, 6) is 2.43. The van der Waals surface area contributed by atoms with Crippen molar-refractivity contribution >= 4 is 16.7 Å². The molecule has 0 amide bonds. The summed E-state index contributed by atoms with van der Waals surface area (Å²) in [6.45, 7) is 0. The van der Waals surface area contributed by atoms with Gasteiger partial charge >= 0.3 is 0 Å². The second kappa shape index (κ2) is 4.44. The predicted octanol–water partition coefficient (Wildman–Crippen LogP) is 4.75. The van der Waals surface area contributed by atoms with E-state index < -0.39 is 0 Å². The van der Waals surface area contributed by atoms with Gasteiger partial charge in [0.25, 0.3) is 0 Å². The Kier molecular flexibility index (Phi) is 2.42. The molecular formula is C20H16N2. The highest BCUT2D eigenvalue weighted by Gasteiger charge is 2.41. The van der Waals surface area contributed by atoms with E-state index in [0.29, 0.717) is 5.92 Å². The average molecular weight is 284 g/mol. The smallest absolute Gasteiger partial charge is 0.145 e. The topological polar surface area (TPSA) is 17.8 Å². The van der Waals surface area contributed by atoms with Crippen molar-refractivity contribution in [2.24, 2.45) is 11.8 Å². The number of para-hydroxylation sites is 2. The molecule has 0 N–H and O–H groups in total. The zero-order chi connectivity index (χ0) is 14.5. The summed E-state index contributed by atoms with van der Waals surface area (Å²) in [6, 6.07) is 18.9. The third-order valence-corrected chi connectivity index (χ3v) is 4.70. The molecule has 0 aliphatic heterocycles. The van der Waals surface area contributed by atoms with Gasteiger partial charge in [-0.3, -0.25) is 4.57 Å². The fraction of sp³-hybridized carbons (Fsp3) is 0.150. The van der Waals surface area contributed by atoms with Crippen molar-refractivity contribution in [2.45, 2.75) is 6.42 Å². The molecule has 0 saturated heterocycles. The van der Waals surface area contributed by atoms with Crippen molar-refractivity contribution in [2.75, 3.05) is 0 Å². The minimum absolute atomic E-state index is 0.657. The Labute approximate surface area is 129 Å². The SMILES string of the molecule is C1=CC2CC2C(n2c(-c3ccccc3)nc3ccccc32)=C1. The van der Waals surface area contributed by atoms with E-state index in [1.165, 1.54) is 23.2 Å². The van der Waals surface area contributed by atoms with E-state index in [4.69, 9.17) is 4.98 Å². The van der Waals surface area contributed by atoms with Gasteiger partial charge in [-0.2, -0.15) is 0 Å². The molecule has 1 fully saturated rings. The van der Waals surface area contributed by atoms with Crippen LogP contribution in [0.25, 0.3) is 28.1 Å². The average Bonchev–Trinajstić information content (AvgIpc) is 3.28. The van der Waals surface area contributed by atoms with Gasteiger partial charge in [-0.05, 0) is 30.5 Å². The molecule has 22 heavy (non-hydrogen) atoms. The molecule has 1 saturated carbocycles. The molecule has 2 aliphatic rings. The molecule has 0 bridgehead atoms. The Bertz CT molecular complexity index is 915. The Morgan fingerprint density at radius 3 is 2.68 bits per heavy atom. The van der Waals surface area contributed by atoms with E-state index in [2.05, 4.69) is 77.4 Å². The van der Waals surface area contributed by atoms with E-state index in [1.54, 1.807) is 0 Å². The van der Waals surface area contributed by atoms with Crippen molar-refractivity contribution in [3.8, 4) is 11.4 Å². The molecule has 2 heteroatoms. The quantitative estimate of drug-likeness (QED) is 0.664. The van der Waals surface area contributed by atoms with Gasteiger partial charge in [0.2, 0.25) is 0 Å². The molecule has 1 aromatic heterocycles. The molecule has 2 aliphatic carbocycles. The lowest BCUT2D eigenvalue weighted by atomic mass is 10.1. The number of allylic oxidation sites excluding steroid dienone is 4. The maximum Gasteiger partial charge on any atom is 0.145 e. The zero-order valence-electron chi connectivity index (χ0n) is 12.2. The Balaban J connectivity index is 1.81. The van der Waals surface area contributed by atoms with Crippen LogP contribution in [0.3, 0.4) is 0 Å². The first-order chi connectivity index (χ1) is 10.9. The molecule has 0 radical (unpaired) electrons. The van der Waals surface area contributed by atoms with Gasteiger partial charge in [-0.15, -0.1) is 0 Å². The monoisotopic (exact) mass is 284 g/mol. The molecule has 2 nitrogen and oxygen atoms in total. The van der Waals surface area contributed by atoms with Crippen LogP contribution in [0.1, 0.15) is 6.42 Å². The van der Waals surface area contributed by atoms with E-state index in [9.17, 15) is 0 Å². The fourth-order valence-corrected chi connectivity index (χ4v) is 3.50. The van der Waals surface area contributed by atoms with Crippen molar-refractivity contribution in [3.05, 3.63) is 72.8 Å². The summed E-state index contributed by atoms with van der Waals surface area (Å²) in [6.07, 6.45) is 8.06. The molecule has 2 atom stereocenters. The van der Waals surface area contributed by atoms with Crippen LogP contribution < -0.4 is 0 Å². The minimum atomic E-state index is 0.657. The summed E-state index contributed by atoms with van der Waals surface area (Å²) in [4.78, 5) is 4.91. The maximum atomic E-state index is 4.91. The summed E-state index contributed by atoms with van der Waals surface area (Å²) in [7, 11) is 0. The van der Waals surface area contributed by atoms with Gasteiger partial charge in [-0.1, -0.05) is 54.6 Å². The first-order valence-corrected chi connectivity index (χ1v) is 7.83. The van der Waals surface area contributed by atoms with E-state index in [0.717, 1.165) is 17.3 Å². The highest BCUT2D eigenvalue weighted by molar-refractivity contribution is 5.86. The second-order valence-corrected chi connectivity index (χ2v) is 6.11. The van der Waals surface area contributed by atoms with Gasteiger partial charge < -0.3 is 0 Å². The van der Waals surface area contributed by atoms with Crippen molar-refractivity contribution in [1.82, 2.24) is 9.55 Å². The van der Waals surface area contributed by atoms with Crippen LogP contribution in [0.5, 0.6) is 0 Å². The van der Waals surface area contributed by atoms with Crippen LogP contribution in [0, 0.1) is 11.8 Å². The normalized spacial score (nSPS) is 22.5. The van der Waals surface area contributed by atoms with Crippen LogP contribution in [0.4, 0.5) is 0 Å². The maximum absolute atomic E-state index is 4.91. The number of hydrogen-bond acceptors (Lipinski definition) is 1. The molecular weight excluding hydrogens is 268 g/mol. The molecule has 5 rings (SSSR count). The van der Waals surface area contributed by atoms with Crippen molar-refractivity contribution in [3.63, 3.8) is 0 Å². The van der Waals surface area contributed by atoms with Gasteiger partial charge in [0.15, 0.2) is 0 Å². The van der Waals surface area contributed by atoms with Crippen LogP contribution >= 0.6 is 0 Å². The molecule has 2 unspecified atom stereocenters. The van der Waals surface area contributed by atoms with E-state index >= 15 is 0 Å². The van der Waals surface area contributed by atoms with Gasteiger partial charge in [0, 0.05) is 17.2 Å². The highest BCUT2D eigenvalue weighted by atomic mass is 15.1. The van der Waals surface area contributed by atoms with E-state index in [-0.39, 0.29) is 0 Å². The molecule has 1 heterocycles. The Morgan fingerprint density at radius 1 is 0.955 bits per heavy atom. The van der Waals surface area contributed by atoms with Crippen LogP contribution in [0.2, 0.25) is 0 Å².